The summed E-state index contributed by atoms with van der Waals surface area (Å²) in [5.41, 5.74) is 7.17. The Morgan fingerprint density at radius 1 is 1.47 bits per heavy atom. The molecule has 0 aliphatic carbocycles. The Bertz CT molecular complexity index is 342. The van der Waals surface area contributed by atoms with E-state index in [4.69, 9.17) is 17.3 Å². The maximum absolute atomic E-state index is 5.88. The SMILES string of the molecule is CNCCN(C)c1nc(Cl)nc(C)c1N. The predicted octanol–water partition coefficient (Wildman–Crippen LogP) is 0.676. The molecule has 1 aromatic heterocycles. The lowest BCUT2D eigenvalue weighted by Gasteiger charge is -2.20. The van der Waals surface area contributed by atoms with Crippen LogP contribution in [0.1, 0.15) is 5.69 Å². The normalized spacial score (nSPS) is 10.4. The number of rotatable bonds is 4. The Morgan fingerprint density at radius 2 is 2.13 bits per heavy atom. The van der Waals surface area contributed by atoms with Crippen molar-refractivity contribution in [3.05, 3.63) is 11.0 Å². The largest absolute Gasteiger partial charge is 0.394 e. The van der Waals surface area contributed by atoms with Crippen LogP contribution in [0.15, 0.2) is 0 Å². The van der Waals surface area contributed by atoms with E-state index in [1.165, 1.54) is 0 Å². The highest BCUT2D eigenvalue weighted by Crippen LogP contribution is 2.23. The molecule has 0 spiro atoms. The zero-order valence-corrected chi connectivity index (χ0v) is 9.97. The van der Waals surface area contributed by atoms with E-state index in [-0.39, 0.29) is 5.28 Å². The molecule has 1 rings (SSSR count). The number of nitrogens with two attached hydrogens (primary N) is 1. The monoisotopic (exact) mass is 229 g/mol. The summed E-state index contributed by atoms with van der Waals surface area (Å²) in [5.74, 6) is 0.683. The Balaban J connectivity index is 2.92. The van der Waals surface area contributed by atoms with Crippen molar-refractivity contribution in [3.8, 4) is 0 Å². The van der Waals surface area contributed by atoms with Gasteiger partial charge in [0, 0.05) is 20.1 Å². The molecular formula is C9H16ClN5. The molecule has 0 saturated heterocycles. The number of likely N-dealkylation sites (N-methyl/N-ethyl adjacent to an activating group) is 2. The van der Waals surface area contributed by atoms with E-state index >= 15 is 0 Å². The molecule has 1 aromatic rings. The van der Waals surface area contributed by atoms with Crippen LogP contribution in [0.2, 0.25) is 5.28 Å². The van der Waals surface area contributed by atoms with Crippen LogP contribution >= 0.6 is 11.6 Å². The molecule has 0 aromatic carbocycles. The van der Waals surface area contributed by atoms with Crippen molar-refractivity contribution in [3.63, 3.8) is 0 Å². The highest BCUT2D eigenvalue weighted by Gasteiger charge is 2.11. The van der Waals surface area contributed by atoms with E-state index in [2.05, 4.69) is 15.3 Å². The fraction of sp³-hybridized carbons (Fsp3) is 0.556. The Morgan fingerprint density at radius 3 is 2.73 bits per heavy atom. The number of nitrogen functional groups attached to an aromatic ring is 1. The van der Waals surface area contributed by atoms with Gasteiger partial charge in [-0.15, -0.1) is 0 Å². The third-order valence-electron chi connectivity index (χ3n) is 2.15. The molecule has 0 saturated carbocycles. The molecule has 0 fully saturated rings. The van der Waals surface area contributed by atoms with Crippen LogP contribution in [0, 0.1) is 6.92 Å². The van der Waals surface area contributed by atoms with E-state index < -0.39 is 0 Å². The summed E-state index contributed by atoms with van der Waals surface area (Å²) < 4.78 is 0. The second-order valence-corrected chi connectivity index (χ2v) is 3.68. The first-order chi connectivity index (χ1) is 7.06. The lowest BCUT2D eigenvalue weighted by Crippen LogP contribution is -2.28. The molecule has 0 unspecified atom stereocenters. The van der Waals surface area contributed by atoms with Gasteiger partial charge in [0.1, 0.15) is 0 Å². The van der Waals surface area contributed by atoms with Gasteiger partial charge in [-0.25, -0.2) is 4.98 Å². The van der Waals surface area contributed by atoms with Gasteiger partial charge in [0.25, 0.3) is 0 Å². The number of aromatic nitrogens is 2. The van der Waals surface area contributed by atoms with Crippen LogP contribution in [0.5, 0.6) is 0 Å². The van der Waals surface area contributed by atoms with Crippen molar-refractivity contribution in [2.45, 2.75) is 6.92 Å². The molecule has 84 valence electrons. The molecule has 5 nitrogen and oxygen atoms in total. The summed E-state index contributed by atoms with van der Waals surface area (Å²) >= 11 is 5.78. The van der Waals surface area contributed by atoms with Gasteiger partial charge in [-0.2, -0.15) is 4.98 Å². The zero-order chi connectivity index (χ0) is 11.4. The molecule has 3 N–H and O–H groups in total. The average molecular weight is 230 g/mol. The topological polar surface area (TPSA) is 67.1 Å². The first-order valence-electron chi connectivity index (χ1n) is 4.71. The van der Waals surface area contributed by atoms with Crippen LogP contribution in [-0.4, -0.2) is 37.2 Å². The van der Waals surface area contributed by atoms with Gasteiger partial charge < -0.3 is 16.0 Å². The Hall–Kier alpha value is -1.07. The fourth-order valence-corrected chi connectivity index (χ4v) is 1.42. The predicted molar refractivity (Wildman–Crippen MR) is 63.4 cm³/mol. The zero-order valence-electron chi connectivity index (χ0n) is 9.21. The number of nitrogens with one attached hydrogen (secondary N) is 1. The van der Waals surface area contributed by atoms with Crippen LogP contribution in [0.3, 0.4) is 0 Å². The highest BCUT2D eigenvalue weighted by atomic mass is 35.5. The summed E-state index contributed by atoms with van der Waals surface area (Å²) in [7, 11) is 3.82. The lowest BCUT2D eigenvalue weighted by atomic mass is 10.3. The molecule has 15 heavy (non-hydrogen) atoms. The summed E-state index contributed by atoms with van der Waals surface area (Å²) in [6, 6.07) is 0. The molecule has 0 amide bonds. The standard InChI is InChI=1S/C9H16ClN5/c1-6-7(11)8(14-9(10)13-6)15(3)5-4-12-2/h12H,4-5,11H2,1-3H3. The summed E-state index contributed by atoms with van der Waals surface area (Å²) in [5, 5.41) is 3.29. The van der Waals surface area contributed by atoms with Crippen LogP contribution in [0.4, 0.5) is 11.5 Å². The molecule has 0 aliphatic heterocycles. The summed E-state index contributed by atoms with van der Waals surface area (Å²) in [6.45, 7) is 3.49. The Labute approximate surface area is 94.6 Å². The van der Waals surface area contributed by atoms with E-state index in [1.54, 1.807) is 0 Å². The van der Waals surface area contributed by atoms with Crippen molar-refractivity contribution >= 4 is 23.1 Å². The van der Waals surface area contributed by atoms with Crippen molar-refractivity contribution in [2.75, 3.05) is 37.8 Å². The van der Waals surface area contributed by atoms with Crippen LogP contribution < -0.4 is 16.0 Å². The van der Waals surface area contributed by atoms with Gasteiger partial charge in [-0.3, -0.25) is 0 Å². The summed E-state index contributed by atoms with van der Waals surface area (Å²) in [4.78, 5) is 10.0. The molecule has 1 heterocycles. The molecule has 0 atom stereocenters. The minimum Gasteiger partial charge on any atom is -0.394 e. The van der Waals surface area contributed by atoms with E-state index in [9.17, 15) is 0 Å². The average Bonchev–Trinajstić information content (AvgIpc) is 2.19. The van der Waals surface area contributed by atoms with Crippen molar-refractivity contribution in [2.24, 2.45) is 0 Å². The van der Waals surface area contributed by atoms with Gasteiger partial charge in [-0.1, -0.05) is 0 Å². The van der Waals surface area contributed by atoms with Gasteiger partial charge in [0.2, 0.25) is 5.28 Å². The number of nitrogens with zero attached hydrogens (tertiary/aromatic N) is 3. The van der Waals surface area contributed by atoms with Gasteiger partial charge in [0.15, 0.2) is 5.82 Å². The number of anilines is 2. The lowest BCUT2D eigenvalue weighted by molar-refractivity contribution is 0.760. The van der Waals surface area contributed by atoms with Crippen LogP contribution in [-0.2, 0) is 0 Å². The fourth-order valence-electron chi connectivity index (χ4n) is 1.21. The second-order valence-electron chi connectivity index (χ2n) is 3.34. The number of hydrogen-bond donors (Lipinski definition) is 2. The maximum Gasteiger partial charge on any atom is 0.224 e. The van der Waals surface area contributed by atoms with E-state index in [0.717, 1.165) is 13.1 Å². The highest BCUT2D eigenvalue weighted by molar-refractivity contribution is 6.28. The first kappa shape index (κ1) is 12.0. The van der Waals surface area contributed by atoms with Gasteiger partial charge in [0.05, 0.1) is 11.4 Å². The second kappa shape index (κ2) is 5.14. The summed E-state index contributed by atoms with van der Waals surface area (Å²) in [6.07, 6.45) is 0. The smallest absolute Gasteiger partial charge is 0.224 e. The third kappa shape index (κ3) is 2.94. The van der Waals surface area contributed by atoms with Crippen LogP contribution in [0.25, 0.3) is 0 Å². The number of aryl methyl sites for hydroxylation is 1. The van der Waals surface area contributed by atoms with Crippen molar-refractivity contribution in [1.82, 2.24) is 15.3 Å². The van der Waals surface area contributed by atoms with Crippen molar-refractivity contribution < 1.29 is 0 Å². The maximum atomic E-state index is 5.88. The van der Waals surface area contributed by atoms with Crippen molar-refractivity contribution in [1.29, 1.82) is 0 Å². The third-order valence-corrected chi connectivity index (χ3v) is 2.32. The van der Waals surface area contributed by atoms with E-state index in [0.29, 0.717) is 17.2 Å². The minimum absolute atomic E-state index is 0.230. The molecule has 0 aliphatic rings. The quantitative estimate of drug-likeness (QED) is 0.744. The number of halogens is 1. The molecular weight excluding hydrogens is 214 g/mol. The molecule has 0 bridgehead atoms. The minimum atomic E-state index is 0.230. The molecule has 6 heteroatoms. The van der Waals surface area contributed by atoms with Gasteiger partial charge >= 0.3 is 0 Å². The van der Waals surface area contributed by atoms with E-state index in [1.807, 2.05) is 25.9 Å². The number of hydrogen-bond acceptors (Lipinski definition) is 5. The Kier molecular flexibility index (Phi) is 4.11. The van der Waals surface area contributed by atoms with Gasteiger partial charge in [-0.05, 0) is 25.6 Å². The molecule has 0 radical (unpaired) electrons. The first-order valence-corrected chi connectivity index (χ1v) is 5.09.